The van der Waals surface area contributed by atoms with Crippen molar-refractivity contribution in [1.29, 1.82) is 0 Å². The smallest absolute Gasteiger partial charge is 0.250 e. The van der Waals surface area contributed by atoms with E-state index in [1.807, 2.05) is 68.4 Å². The Morgan fingerprint density at radius 2 is 1.68 bits per heavy atom. The maximum Gasteiger partial charge on any atom is 0.250 e. The van der Waals surface area contributed by atoms with Gasteiger partial charge in [-0.15, -0.1) is 0 Å². The van der Waals surface area contributed by atoms with Crippen molar-refractivity contribution in [3.05, 3.63) is 95.0 Å². The summed E-state index contributed by atoms with van der Waals surface area (Å²) in [5.41, 5.74) is 0.307. The van der Waals surface area contributed by atoms with Crippen LogP contribution in [0.5, 0.6) is 0 Å². The highest BCUT2D eigenvalue weighted by atomic mass is 35.5. The number of hydrogen-bond acceptors (Lipinski definition) is 5. The first-order chi connectivity index (χ1) is 19.7. The molecule has 3 aliphatic heterocycles. The van der Waals surface area contributed by atoms with Crippen LogP contribution in [0.4, 0.5) is 11.4 Å². The van der Waals surface area contributed by atoms with Crippen LogP contribution in [-0.2, 0) is 19.1 Å². The predicted octanol–water partition coefficient (Wildman–Crippen LogP) is 4.72. The highest BCUT2D eigenvalue weighted by Crippen LogP contribution is 2.64. The molecule has 41 heavy (non-hydrogen) atoms. The van der Waals surface area contributed by atoms with Gasteiger partial charge in [-0.1, -0.05) is 72.3 Å². The minimum atomic E-state index is -1.26. The zero-order valence-electron chi connectivity index (χ0n) is 22.8. The van der Waals surface area contributed by atoms with Crippen LogP contribution in [0.2, 0.25) is 5.02 Å². The SMILES string of the molecule is Cc1cccc(Cl)c1NC(=O)C1N([C@H](CO)c2ccccc2)C(=O)[C@@H]2[C@H](C(=O)Nc3ccccc3)[C@]3(C)CCC12O3. The molecule has 212 valence electrons. The van der Waals surface area contributed by atoms with E-state index in [1.165, 1.54) is 4.90 Å². The molecule has 3 aliphatic rings. The van der Waals surface area contributed by atoms with Crippen LogP contribution in [0, 0.1) is 18.8 Å². The van der Waals surface area contributed by atoms with Gasteiger partial charge in [0.1, 0.15) is 11.6 Å². The fourth-order valence-corrected chi connectivity index (χ4v) is 7.42. The first-order valence-electron chi connectivity index (χ1n) is 13.8. The number of nitrogens with one attached hydrogen (secondary N) is 2. The number of nitrogens with zero attached hydrogens (tertiary/aromatic N) is 1. The minimum absolute atomic E-state index is 0.332. The van der Waals surface area contributed by atoms with Crippen molar-refractivity contribution >= 4 is 40.7 Å². The molecule has 9 heteroatoms. The quantitative estimate of drug-likeness (QED) is 0.379. The summed E-state index contributed by atoms with van der Waals surface area (Å²) >= 11 is 6.46. The molecule has 6 atom stereocenters. The van der Waals surface area contributed by atoms with Crippen LogP contribution in [0.15, 0.2) is 78.9 Å². The summed E-state index contributed by atoms with van der Waals surface area (Å²) in [7, 11) is 0. The van der Waals surface area contributed by atoms with Crippen LogP contribution in [0.1, 0.15) is 36.9 Å². The molecule has 6 rings (SSSR count). The summed E-state index contributed by atoms with van der Waals surface area (Å²) in [6.07, 6.45) is 0.916. The molecule has 3 saturated heterocycles. The Morgan fingerprint density at radius 3 is 2.34 bits per heavy atom. The van der Waals surface area contributed by atoms with Gasteiger partial charge >= 0.3 is 0 Å². The molecule has 2 unspecified atom stereocenters. The molecular formula is C32H32ClN3O5. The first kappa shape index (κ1) is 27.4. The van der Waals surface area contributed by atoms with Crippen molar-refractivity contribution in [1.82, 2.24) is 4.90 Å². The van der Waals surface area contributed by atoms with Crippen LogP contribution in [0.3, 0.4) is 0 Å². The Hall–Kier alpha value is -3.72. The number of fused-ring (bicyclic) bond motifs is 1. The molecule has 3 N–H and O–H groups in total. The molecular weight excluding hydrogens is 542 g/mol. The Balaban J connectivity index is 1.44. The largest absolute Gasteiger partial charge is 0.394 e. The van der Waals surface area contributed by atoms with Gasteiger partial charge in [0.2, 0.25) is 17.7 Å². The number of carbonyl (C=O) groups is 3. The number of aliphatic hydroxyl groups is 1. The van der Waals surface area contributed by atoms with Crippen molar-refractivity contribution in [3.63, 3.8) is 0 Å². The third-order valence-corrected chi connectivity index (χ3v) is 9.26. The number of aryl methyl sites for hydroxylation is 1. The lowest BCUT2D eigenvalue weighted by Crippen LogP contribution is -2.54. The number of carbonyl (C=O) groups excluding carboxylic acids is 3. The number of anilines is 2. The first-order valence-corrected chi connectivity index (χ1v) is 14.2. The standard InChI is InChI=1S/C32H32ClN3O5/c1-19-10-9-15-22(33)26(19)35-29(39)27-32-17-16-31(2,41-32)24(28(38)34-21-13-7-4-8-14-21)25(32)30(40)36(27)23(18-37)20-11-5-3-6-12-20/h3-15,23-25,27,37H,16-18H2,1-2H3,(H,34,38)(H,35,39)/t23-,24-,25+,27?,31+,32?/m1/s1. The summed E-state index contributed by atoms with van der Waals surface area (Å²) in [6, 6.07) is 21.6. The van der Waals surface area contributed by atoms with Crippen LogP contribution < -0.4 is 10.6 Å². The van der Waals surface area contributed by atoms with Crippen LogP contribution in [0.25, 0.3) is 0 Å². The van der Waals surface area contributed by atoms with E-state index in [0.717, 1.165) is 5.56 Å². The molecule has 3 heterocycles. The summed E-state index contributed by atoms with van der Waals surface area (Å²) in [6.45, 7) is 3.27. The van der Waals surface area contributed by atoms with E-state index >= 15 is 0 Å². The molecule has 3 aromatic rings. The number of para-hydroxylation sites is 2. The highest BCUT2D eigenvalue weighted by molar-refractivity contribution is 6.34. The lowest BCUT2D eigenvalue weighted by atomic mass is 9.66. The van der Waals surface area contributed by atoms with E-state index in [2.05, 4.69) is 10.6 Å². The van der Waals surface area contributed by atoms with Gasteiger partial charge < -0.3 is 25.4 Å². The molecule has 8 nitrogen and oxygen atoms in total. The fraction of sp³-hybridized carbons (Fsp3) is 0.344. The molecule has 0 saturated carbocycles. The van der Waals surface area contributed by atoms with Crippen molar-refractivity contribution in [3.8, 4) is 0 Å². The average molecular weight is 574 g/mol. The normalized spacial score (nSPS) is 28.8. The predicted molar refractivity (Wildman–Crippen MR) is 155 cm³/mol. The second-order valence-electron chi connectivity index (χ2n) is 11.4. The molecule has 1 spiro atoms. The highest BCUT2D eigenvalue weighted by Gasteiger charge is 2.78. The number of amides is 3. The van der Waals surface area contributed by atoms with E-state index in [9.17, 15) is 19.5 Å². The maximum atomic E-state index is 14.5. The zero-order chi connectivity index (χ0) is 28.9. The van der Waals surface area contributed by atoms with E-state index < -0.39 is 47.6 Å². The van der Waals surface area contributed by atoms with Crippen molar-refractivity contribution in [2.45, 2.75) is 50.0 Å². The van der Waals surface area contributed by atoms with Gasteiger partial charge in [-0.3, -0.25) is 14.4 Å². The van der Waals surface area contributed by atoms with Gasteiger partial charge in [0.25, 0.3) is 0 Å². The van der Waals surface area contributed by atoms with Gasteiger partial charge in [0, 0.05) is 5.69 Å². The summed E-state index contributed by atoms with van der Waals surface area (Å²) in [4.78, 5) is 44.1. The van der Waals surface area contributed by atoms with Crippen molar-refractivity contribution < 1.29 is 24.2 Å². The summed E-state index contributed by atoms with van der Waals surface area (Å²) < 4.78 is 6.71. The number of benzene rings is 3. The second kappa shape index (κ2) is 10.3. The fourth-order valence-electron chi connectivity index (χ4n) is 7.15. The third kappa shape index (κ3) is 4.33. The lowest BCUT2D eigenvalue weighted by Gasteiger charge is -2.37. The number of ether oxygens (including phenoxy) is 1. The van der Waals surface area contributed by atoms with Crippen LogP contribution in [-0.4, -0.2) is 51.6 Å². The molecule has 0 radical (unpaired) electrons. The van der Waals surface area contributed by atoms with Crippen molar-refractivity contribution in [2.75, 3.05) is 17.2 Å². The molecule has 3 fully saturated rings. The molecule has 2 bridgehead atoms. The van der Waals surface area contributed by atoms with E-state index in [-0.39, 0.29) is 11.8 Å². The van der Waals surface area contributed by atoms with Crippen LogP contribution >= 0.6 is 11.6 Å². The number of likely N-dealkylation sites (tertiary alicyclic amines) is 1. The summed E-state index contributed by atoms with van der Waals surface area (Å²) in [5.74, 6) is -2.94. The number of rotatable bonds is 7. The lowest BCUT2D eigenvalue weighted by molar-refractivity contribution is -0.147. The van der Waals surface area contributed by atoms with Gasteiger partial charge in [0.05, 0.1) is 40.8 Å². The van der Waals surface area contributed by atoms with Gasteiger partial charge in [-0.25, -0.2) is 0 Å². The Morgan fingerprint density at radius 1 is 1.00 bits per heavy atom. The minimum Gasteiger partial charge on any atom is -0.394 e. The van der Waals surface area contributed by atoms with E-state index in [0.29, 0.717) is 34.8 Å². The van der Waals surface area contributed by atoms with E-state index in [4.69, 9.17) is 16.3 Å². The molecule has 3 amide bonds. The molecule has 3 aromatic carbocycles. The van der Waals surface area contributed by atoms with Gasteiger partial charge in [-0.05, 0) is 56.0 Å². The third-order valence-electron chi connectivity index (χ3n) is 8.95. The number of hydrogen-bond donors (Lipinski definition) is 3. The van der Waals surface area contributed by atoms with Gasteiger partial charge in [0.15, 0.2) is 0 Å². The Labute approximate surface area is 243 Å². The van der Waals surface area contributed by atoms with Gasteiger partial charge in [-0.2, -0.15) is 0 Å². The average Bonchev–Trinajstić information content (AvgIpc) is 3.53. The molecule has 0 aromatic heterocycles. The van der Waals surface area contributed by atoms with Crippen molar-refractivity contribution in [2.24, 2.45) is 11.8 Å². The second-order valence-corrected chi connectivity index (χ2v) is 11.8. The topological polar surface area (TPSA) is 108 Å². The Kier molecular flexibility index (Phi) is 6.88. The zero-order valence-corrected chi connectivity index (χ0v) is 23.6. The maximum absolute atomic E-state index is 14.5. The molecule has 0 aliphatic carbocycles. The monoisotopic (exact) mass is 573 g/mol. The summed E-state index contributed by atoms with van der Waals surface area (Å²) in [5, 5.41) is 16.9. The van der Waals surface area contributed by atoms with E-state index in [1.54, 1.807) is 24.3 Å². The number of aliphatic hydroxyl groups excluding tert-OH is 1. The number of halogens is 1. The Bertz CT molecular complexity index is 1480.